The van der Waals surface area contributed by atoms with Crippen molar-refractivity contribution in [3.8, 4) is 17.1 Å². The number of halogens is 1. The largest absolute Gasteiger partial charge is 0.494 e. The average molecular weight is 505 g/mol. The van der Waals surface area contributed by atoms with Gasteiger partial charge < -0.3 is 25.2 Å². The van der Waals surface area contributed by atoms with Gasteiger partial charge in [0.15, 0.2) is 11.5 Å². The molecule has 4 aromatic rings. The number of hydrogen-bond acceptors (Lipinski definition) is 8. The molecule has 0 saturated carbocycles. The molecule has 2 N–H and O–H groups in total. The second-order valence-corrected chi connectivity index (χ2v) is 8.57. The van der Waals surface area contributed by atoms with Crippen molar-refractivity contribution >= 4 is 34.6 Å². The van der Waals surface area contributed by atoms with Gasteiger partial charge in [0.2, 0.25) is 11.9 Å². The number of fused-ring (bicyclic) bond motifs is 1. The summed E-state index contributed by atoms with van der Waals surface area (Å²) >= 11 is 0. The number of hydrogen-bond donors (Lipinski definition) is 2. The zero-order chi connectivity index (χ0) is 26.5. The van der Waals surface area contributed by atoms with E-state index in [4.69, 9.17) is 4.74 Å². The van der Waals surface area contributed by atoms with Crippen LogP contribution in [0.15, 0.2) is 61.6 Å². The number of anilines is 4. The highest BCUT2D eigenvalue weighted by molar-refractivity contribution is 6.02. The van der Waals surface area contributed by atoms with Crippen LogP contribution in [0.3, 0.4) is 0 Å². The molecule has 0 unspecified atom stereocenters. The molecule has 192 valence electrons. The normalized spacial score (nSPS) is 11.0. The van der Waals surface area contributed by atoms with E-state index in [0.29, 0.717) is 28.5 Å². The molecule has 3 aromatic heterocycles. The first-order chi connectivity index (χ1) is 17.8. The van der Waals surface area contributed by atoms with Gasteiger partial charge in [-0.25, -0.2) is 19.3 Å². The summed E-state index contributed by atoms with van der Waals surface area (Å²) in [6.45, 7) is 5.10. The lowest BCUT2D eigenvalue weighted by atomic mass is 10.2. The Labute approximate surface area is 214 Å². The fourth-order valence-electron chi connectivity index (χ4n) is 3.75. The number of methoxy groups -OCH3 is 1. The third-order valence-electron chi connectivity index (χ3n) is 5.71. The molecule has 11 heteroatoms. The quantitative estimate of drug-likeness (QED) is 0.315. The number of amides is 1. The molecule has 0 aliphatic carbocycles. The van der Waals surface area contributed by atoms with Gasteiger partial charge in [0, 0.05) is 38.6 Å². The summed E-state index contributed by atoms with van der Waals surface area (Å²) in [6.07, 6.45) is 6.09. The van der Waals surface area contributed by atoms with Crippen molar-refractivity contribution < 1.29 is 13.9 Å². The van der Waals surface area contributed by atoms with E-state index in [-0.39, 0.29) is 17.5 Å². The maximum Gasteiger partial charge on any atom is 0.247 e. The maximum absolute atomic E-state index is 14.1. The van der Waals surface area contributed by atoms with Gasteiger partial charge in [-0.05, 0) is 44.4 Å². The minimum absolute atomic E-state index is 0.212. The molecular weight excluding hydrogens is 475 g/mol. The number of rotatable bonds is 10. The van der Waals surface area contributed by atoms with Crippen LogP contribution >= 0.6 is 0 Å². The molecule has 10 nitrogen and oxygen atoms in total. The summed E-state index contributed by atoms with van der Waals surface area (Å²) in [7, 11) is 7.51. The highest BCUT2D eigenvalue weighted by Gasteiger charge is 2.17. The van der Waals surface area contributed by atoms with Crippen LogP contribution in [-0.2, 0) is 4.79 Å². The molecule has 0 spiro atoms. The molecule has 4 rings (SSSR count). The number of likely N-dealkylation sites (N-methyl/N-ethyl adjacent to an activating group) is 2. The van der Waals surface area contributed by atoms with Crippen LogP contribution in [0.2, 0.25) is 0 Å². The van der Waals surface area contributed by atoms with E-state index < -0.39 is 5.82 Å². The molecule has 0 saturated heterocycles. The number of carbonyl (C=O) groups excluding carboxylic acids is 1. The SMILES string of the molecule is C=CC(=O)Nc1cc(Nc2nccc(-c3cnc4c(F)cccn34)n2)c(OC)cc1N(C)CCN(C)C. The Hall–Kier alpha value is -4.51. The first-order valence-corrected chi connectivity index (χ1v) is 11.5. The summed E-state index contributed by atoms with van der Waals surface area (Å²) in [5.74, 6) is 0.0677. The van der Waals surface area contributed by atoms with E-state index in [2.05, 4.69) is 37.1 Å². The zero-order valence-electron chi connectivity index (χ0n) is 21.2. The van der Waals surface area contributed by atoms with Gasteiger partial charge in [0.1, 0.15) is 5.75 Å². The minimum atomic E-state index is -0.421. The van der Waals surface area contributed by atoms with Crippen LogP contribution in [0, 0.1) is 5.82 Å². The number of benzene rings is 1. The van der Waals surface area contributed by atoms with Crippen LogP contribution in [0.1, 0.15) is 0 Å². The van der Waals surface area contributed by atoms with Crippen LogP contribution in [-0.4, -0.2) is 71.5 Å². The van der Waals surface area contributed by atoms with Crippen molar-refractivity contribution in [3.05, 3.63) is 67.4 Å². The molecule has 1 aromatic carbocycles. The Morgan fingerprint density at radius 1 is 1.19 bits per heavy atom. The Morgan fingerprint density at radius 2 is 2.00 bits per heavy atom. The van der Waals surface area contributed by atoms with Crippen molar-refractivity contribution in [3.63, 3.8) is 0 Å². The first kappa shape index (κ1) is 25.6. The molecule has 0 radical (unpaired) electrons. The number of aromatic nitrogens is 4. The lowest BCUT2D eigenvalue weighted by Crippen LogP contribution is -2.29. The van der Waals surface area contributed by atoms with Crippen LogP contribution in [0.4, 0.5) is 27.4 Å². The molecule has 0 fully saturated rings. The van der Waals surface area contributed by atoms with E-state index in [1.165, 1.54) is 12.1 Å². The number of imidazole rings is 1. The van der Waals surface area contributed by atoms with Gasteiger partial charge >= 0.3 is 0 Å². The number of ether oxygens (including phenoxy) is 1. The molecule has 0 aliphatic rings. The average Bonchev–Trinajstić information content (AvgIpc) is 3.33. The number of nitrogens with one attached hydrogen (secondary N) is 2. The Morgan fingerprint density at radius 3 is 2.73 bits per heavy atom. The lowest BCUT2D eigenvalue weighted by Gasteiger charge is -2.26. The van der Waals surface area contributed by atoms with Crippen molar-refractivity contribution in [2.75, 3.05) is 56.9 Å². The van der Waals surface area contributed by atoms with Crippen LogP contribution in [0.5, 0.6) is 5.75 Å². The number of pyridine rings is 1. The third kappa shape index (κ3) is 5.67. The highest BCUT2D eigenvalue weighted by atomic mass is 19.1. The second kappa shape index (κ2) is 11.0. The summed E-state index contributed by atoms with van der Waals surface area (Å²) in [4.78, 5) is 29.4. The van der Waals surface area contributed by atoms with Gasteiger partial charge in [-0.2, -0.15) is 0 Å². The Balaban J connectivity index is 1.70. The summed E-state index contributed by atoms with van der Waals surface area (Å²) < 4.78 is 21.4. The van der Waals surface area contributed by atoms with E-state index in [9.17, 15) is 9.18 Å². The molecular formula is C26H29FN8O2. The van der Waals surface area contributed by atoms with Crippen LogP contribution in [0.25, 0.3) is 17.0 Å². The first-order valence-electron chi connectivity index (χ1n) is 11.5. The van der Waals surface area contributed by atoms with E-state index in [1.54, 1.807) is 48.3 Å². The number of nitrogens with zero attached hydrogens (tertiary/aromatic N) is 6. The van der Waals surface area contributed by atoms with E-state index >= 15 is 0 Å². The van der Waals surface area contributed by atoms with E-state index in [1.807, 2.05) is 32.1 Å². The topological polar surface area (TPSA) is 99.9 Å². The summed E-state index contributed by atoms with van der Waals surface area (Å²) in [5, 5.41) is 6.05. The monoisotopic (exact) mass is 504 g/mol. The minimum Gasteiger partial charge on any atom is -0.494 e. The molecule has 0 bridgehead atoms. The van der Waals surface area contributed by atoms with E-state index in [0.717, 1.165) is 18.8 Å². The maximum atomic E-state index is 14.1. The summed E-state index contributed by atoms with van der Waals surface area (Å²) in [5.41, 5.74) is 3.28. The van der Waals surface area contributed by atoms with Crippen molar-refractivity contribution in [1.29, 1.82) is 0 Å². The van der Waals surface area contributed by atoms with Gasteiger partial charge in [0.05, 0.1) is 41.8 Å². The van der Waals surface area contributed by atoms with Gasteiger partial charge in [0.25, 0.3) is 0 Å². The highest BCUT2D eigenvalue weighted by Crippen LogP contribution is 2.38. The van der Waals surface area contributed by atoms with Crippen molar-refractivity contribution in [1.82, 2.24) is 24.3 Å². The molecule has 1 amide bonds. The predicted octanol–water partition coefficient (Wildman–Crippen LogP) is 3.80. The molecule has 3 heterocycles. The molecule has 37 heavy (non-hydrogen) atoms. The standard InChI is InChI=1S/C26H29FN8O2/c1-6-24(36)30-19-14-20(23(37-5)15-21(19)34(4)13-12-33(2)3)32-26-28-10-9-18(31-26)22-16-29-25-17(27)8-7-11-35(22)25/h6-11,14-16H,1,12-13H2,2-5H3,(H,30,36)(H,28,31,32). The molecule has 0 aliphatic heterocycles. The fourth-order valence-corrected chi connectivity index (χ4v) is 3.75. The Bertz CT molecular complexity index is 1440. The second-order valence-electron chi connectivity index (χ2n) is 8.57. The smallest absolute Gasteiger partial charge is 0.247 e. The van der Waals surface area contributed by atoms with Gasteiger partial charge in [-0.1, -0.05) is 6.58 Å². The fraction of sp³-hybridized carbons (Fsp3) is 0.231. The van der Waals surface area contributed by atoms with Gasteiger partial charge in [-0.3, -0.25) is 9.20 Å². The molecule has 0 atom stereocenters. The van der Waals surface area contributed by atoms with Crippen molar-refractivity contribution in [2.24, 2.45) is 0 Å². The van der Waals surface area contributed by atoms with Crippen LogP contribution < -0.4 is 20.3 Å². The zero-order valence-corrected chi connectivity index (χ0v) is 21.2. The van der Waals surface area contributed by atoms with Crippen molar-refractivity contribution in [2.45, 2.75) is 0 Å². The third-order valence-corrected chi connectivity index (χ3v) is 5.71. The van der Waals surface area contributed by atoms with Gasteiger partial charge in [-0.15, -0.1) is 0 Å². The Kier molecular flexibility index (Phi) is 7.63. The predicted molar refractivity (Wildman–Crippen MR) is 143 cm³/mol. The number of carbonyl (C=O) groups is 1. The lowest BCUT2D eigenvalue weighted by molar-refractivity contribution is -0.111. The summed E-state index contributed by atoms with van der Waals surface area (Å²) in [6, 6.07) is 8.29.